The number of H-pyrrole nitrogens is 1. The molecule has 3 heteroatoms. The Morgan fingerprint density at radius 2 is 1.57 bits per heavy atom. The van der Waals surface area contributed by atoms with E-state index < -0.39 is 0 Å². The molecule has 1 aliphatic carbocycles. The van der Waals surface area contributed by atoms with Crippen LogP contribution in [0.3, 0.4) is 0 Å². The zero-order valence-electron chi connectivity index (χ0n) is 12.4. The lowest BCUT2D eigenvalue weighted by Crippen LogP contribution is -3.18. The van der Waals surface area contributed by atoms with Crippen LogP contribution in [0.2, 0.25) is 0 Å². The Morgan fingerprint density at radius 1 is 0.905 bits per heavy atom. The number of rotatable bonds is 2. The molecule has 0 saturated carbocycles. The number of nitrogens with zero attached hydrogens (tertiary/aromatic N) is 1. The molecule has 0 spiro atoms. The van der Waals surface area contributed by atoms with Gasteiger partial charge >= 0.3 is 0 Å². The second-order valence-corrected chi connectivity index (χ2v) is 6.27. The van der Waals surface area contributed by atoms with Gasteiger partial charge in [0.05, 0.1) is 12.2 Å². The van der Waals surface area contributed by atoms with E-state index in [0.717, 1.165) is 19.1 Å². The van der Waals surface area contributed by atoms with Gasteiger partial charge in [-0.05, 0) is 17.2 Å². The van der Waals surface area contributed by atoms with Gasteiger partial charge in [-0.3, -0.25) is 4.90 Å². The minimum absolute atomic E-state index is 0.796. The summed E-state index contributed by atoms with van der Waals surface area (Å²) in [5.74, 6) is 1.26. The van der Waals surface area contributed by atoms with Crippen LogP contribution in [0.1, 0.15) is 11.1 Å². The molecule has 0 amide bonds. The zero-order chi connectivity index (χ0) is 14.1. The number of benzene rings is 1. The number of aromatic amines is 1. The van der Waals surface area contributed by atoms with E-state index in [2.05, 4.69) is 46.3 Å². The molecule has 2 heterocycles. The Bertz CT molecular complexity index is 578. The van der Waals surface area contributed by atoms with Crippen LogP contribution in [0, 0.1) is 0 Å². The van der Waals surface area contributed by atoms with Crippen LogP contribution in [0.25, 0.3) is 0 Å². The summed E-state index contributed by atoms with van der Waals surface area (Å²) in [5, 5.41) is 0. The summed E-state index contributed by atoms with van der Waals surface area (Å²) in [6.07, 6.45) is 4.55. The molecule has 21 heavy (non-hydrogen) atoms. The average Bonchev–Trinajstić information content (AvgIpc) is 3.00. The normalized spacial score (nSPS) is 19.7. The van der Waals surface area contributed by atoms with E-state index >= 15 is 0 Å². The quantitative estimate of drug-likeness (QED) is 0.844. The molecule has 1 aliphatic heterocycles. The number of aromatic nitrogens is 1. The lowest BCUT2D eigenvalue weighted by molar-refractivity contribution is -0.925. The Balaban J connectivity index is 1.39. The van der Waals surface area contributed by atoms with Crippen molar-refractivity contribution in [1.29, 1.82) is 0 Å². The lowest BCUT2D eigenvalue weighted by Gasteiger charge is -2.32. The molecule has 0 bridgehead atoms. The van der Waals surface area contributed by atoms with Crippen LogP contribution in [-0.2, 0) is 12.8 Å². The van der Waals surface area contributed by atoms with E-state index in [0.29, 0.717) is 0 Å². The highest BCUT2D eigenvalue weighted by atomic mass is 15.3. The Hall–Kier alpha value is -1.87. The van der Waals surface area contributed by atoms with Crippen molar-refractivity contribution in [3.05, 3.63) is 59.8 Å². The number of pyridine rings is 1. The molecule has 2 N–H and O–H groups in total. The molecule has 1 saturated heterocycles. The molecule has 3 nitrogen and oxygen atoms in total. The summed E-state index contributed by atoms with van der Waals surface area (Å²) in [6.45, 7) is 4.81. The van der Waals surface area contributed by atoms with Crippen LogP contribution < -0.4 is 14.8 Å². The molecule has 108 valence electrons. The van der Waals surface area contributed by atoms with Gasteiger partial charge in [-0.15, -0.1) is 0 Å². The monoisotopic (exact) mass is 281 g/mol. The molecule has 0 unspecified atom stereocenters. The average molecular weight is 281 g/mol. The van der Waals surface area contributed by atoms with Crippen LogP contribution in [-0.4, -0.2) is 32.2 Å². The number of nitrogens with one attached hydrogen (secondary N) is 2. The van der Waals surface area contributed by atoms with Crippen molar-refractivity contribution in [2.75, 3.05) is 31.1 Å². The predicted octanol–water partition coefficient (Wildman–Crippen LogP) is 0.373. The van der Waals surface area contributed by atoms with Crippen LogP contribution in [0.5, 0.6) is 0 Å². The van der Waals surface area contributed by atoms with Gasteiger partial charge in [-0.2, -0.15) is 0 Å². The van der Waals surface area contributed by atoms with Gasteiger partial charge < -0.3 is 4.90 Å². The second kappa shape index (κ2) is 5.49. The SMILES string of the molecule is c1ccc(N2CC[NH+](C3Cc4ccccc4C3)CC2)[nH+]c1. The second-order valence-electron chi connectivity index (χ2n) is 6.27. The van der Waals surface area contributed by atoms with Crippen LogP contribution >= 0.6 is 0 Å². The smallest absolute Gasteiger partial charge is 0.274 e. The third-order valence-corrected chi connectivity index (χ3v) is 5.07. The maximum atomic E-state index is 3.35. The van der Waals surface area contributed by atoms with Crippen molar-refractivity contribution < 1.29 is 9.88 Å². The zero-order valence-corrected chi connectivity index (χ0v) is 12.4. The van der Waals surface area contributed by atoms with Crippen molar-refractivity contribution in [1.82, 2.24) is 0 Å². The first-order valence-electron chi connectivity index (χ1n) is 8.03. The van der Waals surface area contributed by atoms with Gasteiger partial charge in [0.1, 0.15) is 26.2 Å². The summed E-state index contributed by atoms with van der Waals surface area (Å²) in [6, 6.07) is 16.1. The largest absolute Gasteiger partial charge is 0.325 e. The van der Waals surface area contributed by atoms with Gasteiger partial charge in [-0.1, -0.05) is 30.3 Å². The van der Waals surface area contributed by atoms with Crippen molar-refractivity contribution in [3.63, 3.8) is 0 Å². The van der Waals surface area contributed by atoms with E-state index in [1.165, 1.54) is 31.7 Å². The lowest BCUT2D eigenvalue weighted by atomic mass is 10.1. The fourth-order valence-corrected chi connectivity index (χ4v) is 3.87. The highest BCUT2D eigenvalue weighted by Gasteiger charge is 2.34. The van der Waals surface area contributed by atoms with Gasteiger partial charge in [0, 0.05) is 18.9 Å². The molecule has 4 rings (SSSR count). The fourth-order valence-electron chi connectivity index (χ4n) is 3.87. The maximum absolute atomic E-state index is 3.35. The number of quaternary nitrogens is 1. The molecule has 1 aromatic carbocycles. The van der Waals surface area contributed by atoms with E-state index in [1.807, 2.05) is 12.3 Å². The molecular formula is C18H23N3+2. The first-order chi connectivity index (χ1) is 10.4. The van der Waals surface area contributed by atoms with E-state index in [9.17, 15) is 0 Å². The first-order valence-corrected chi connectivity index (χ1v) is 8.03. The van der Waals surface area contributed by atoms with Crippen molar-refractivity contribution in [2.45, 2.75) is 18.9 Å². The van der Waals surface area contributed by atoms with Gasteiger partial charge in [0.25, 0.3) is 5.82 Å². The maximum Gasteiger partial charge on any atom is 0.274 e. The summed E-state index contributed by atoms with van der Waals surface area (Å²) in [4.78, 5) is 7.62. The van der Waals surface area contributed by atoms with Crippen LogP contribution in [0.4, 0.5) is 5.82 Å². The number of hydrogen-bond donors (Lipinski definition) is 1. The van der Waals surface area contributed by atoms with Gasteiger partial charge in [0.15, 0.2) is 0 Å². The number of piperazine rings is 1. The Kier molecular flexibility index (Phi) is 3.36. The molecule has 2 aliphatic rings. The van der Waals surface area contributed by atoms with Gasteiger partial charge in [-0.25, -0.2) is 4.98 Å². The number of fused-ring (bicyclic) bond motifs is 1. The third kappa shape index (κ3) is 2.54. The van der Waals surface area contributed by atoms with E-state index in [4.69, 9.17) is 0 Å². The van der Waals surface area contributed by atoms with Crippen molar-refractivity contribution >= 4 is 5.82 Å². The minimum atomic E-state index is 0.796. The van der Waals surface area contributed by atoms with Crippen molar-refractivity contribution in [2.24, 2.45) is 0 Å². The highest BCUT2D eigenvalue weighted by molar-refractivity contribution is 5.33. The van der Waals surface area contributed by atoms with E-state index in [-0.39, 0.29) is 0 Å². The molecule has 0 radical (unpaired) electrons. The Labute approximate surface area is 126 Å². The molecule has 0 atom stereocenters. The standard InChI is InChI=1S/C18H21N3/c1-2-6-16-14-17(13-15(16)5-1)20-9-11-21(12-10-20)18-7-3-4-8-19-18/h1-8,17H,9-14H2/p+2. The minimum Gasteiger partial charge on any atom is -0.325 e. The first kappa shape index (κ1) is 12.8. The molecule has 1 fully saturated rings. The predicted molar refractivity (Wildman–Crippen MR) is 83.5 cm³/mol. The summed E-state index contributed by atoms with van der Waals surface area (Å²) in [5.41, 5.74) is 3.16. The fraction of sp³-hybridized carbons (Fsp3) is 0.389. The topological polar surface area (TPSA) is 21.8 Å². The van der Waals surface area contributed by atoms with E-state index in [1.54, 1.807) is 16.0 Å². The molecule has 1 aromatic heterocycles. The Morgan fingerprint density at radius 3 is 2.19 bits per heavy atom. The number of anilines is 1. The molecular weight excluding hydrogens is 258 g/mol. The van der Waals surface area contributed by atoms with Crippen LogP contribution in [0.15, 0.2) is 48.7 Å². The van der Waals surface area contributed by atoms with Gasteiger partial charge in [0.2, 0.25) is 0 Å². The summed E-state index contributed by atoms with van der Waals surface area (Å²) >= 11 is 0. The highest BCUT2D eigenvalue weighted by Crippen LogP contribution is 2.20. The number of hydrogen-bond acceptors (Lipinski definition) is 1. The summed E-state index contributed by atoms with van der Waals surface area (Å²) in [7, 11) is 0. The molecule has 2 aromatic rings. The summed E-state index contributed by atoms with van der Waals surface area (Å²) < 4.78 is 0. The van der Waals surface area contributed by atoms with Crippen molar-refractivity contribution in [3.8, 4) is 0 Å². The third-order valence-electron chi connectivity index (χ3n) is 5.07.